The van der Waals surface area contributed by atoms with Gasteiger partial charge in [0.25, 0.3) is 0 Å². The van der Waals surface area contributed by atoms with Gasteiger partial charge in [0.1, 0.15) is 0 Å². The lowest BCUT2D eigenvalue weighted by atomic mass is 10.2. The fourth-order valence-corrected chi connectivity index (χ4v) is 1.17. The molecule has 1 saturated heterocycles. The van der Waals surface area contributed by atoms with Crippen molar-refractivity contribution in [1.29, 1.82) is 0 Å². The molecule has 0 aliphatic carbocycles. The van der Waals surface area contributed by atoms with Crippen LogP contribution in [0.15, 0.2) is 0 Å². The van der Waals surface area contributed by atoms with Crippen molar-refractivity contribution in [3.63, 3.8) is 0 Å². The Kier molecular flexibility index (Phi) is 3.32. The van der Waals surface area contributed by atoms with Gasteiger partial charge in [0, 0.05) is 19.6 Å². The van der Waals surface area contributed by atoms with Gasteiger partial charge >= 0.3 is 5.97 Å². The summed E-state index contributed by atoms with van der Waals surface area (Å²) in [6, 6.07) is 0. The summed E-state index contributed by atoms with van der Waals surface area (Å²) in [5.74, 6) is -0.725. The molecule has 0 atom stereocenters. The number of hydrogen-bond donors (Lipinski definition) is 2. The average molecular weight is 158 g/mol. The van der Waals surface area contributed by atoms with Crippen molar-refractivity contribution in [2.45, 2.75) is 19.3 Å². The number of carbonyl (C=O) groups is 1. The first-order valence-electron chi connectivity index (χ1n) is 3.99. The molecule has 0 aromatic heterocycles. The van der Waals surface area contributed by atoms with Crippen LogP contribution in [0.4, 0.5) is 0 Å². The lowest BCUT2D eigenvalue weighted by Crippen LogP contribution is -2.44. The quantitative estimate of drug-likeness (QED) is 0.610. The van der Waals surface area contributed by atoms with Crippen LogP contribution in [-0.2, 0) is 4.79 Å². The third-order valence-corrected chi connectivity index (χ3v) is 1.79. The van der Waals surface area contributed by atoms with E-state index in [0.29, 0.717) is 6.54 Å². The maximum atomic E-state index is 10.2. The minimum atomic E-state index is -0.725. The number of rotatable bonds is 3. The summed E-state index contributed by atoms with van der Waals surface area (Å²) < 4.78 is 0. The van der Waals surface area contributed by atoms with Gasteiger partial charge in [-0.15, -0.1) is 0 Å². The van der Waals surface area contributed by atoms with Crippen molar-refractivity contribution in [1.82, 2.24) is 10.4 Å². The summed E-state index contributed by atoms with van der Waals surface area (Å²) in [4.78, 5) is 10.2. The molecule has 11 heavy (non-hydrogen) atoms. The average Bonchev–Trinajstić information content (AvgIpc) is 2.03. The fourth-order valence-electron chi connectivity index (χ4n) is 1.17. The molecule has 0 amide bonds. The summed E-state index contributed by atoms with van der Waals surface area (Å²) in [7, 11) is 0. The van der Waals surface area contributed by atoms with E-state index in [1.54, 1.807) is 0 Å². The van der Waals surface area contributed by atoms with Crippen LogP contribution in [0, 0.1) is 0 Å². The topological polar surface area (TPSA) is 52.6 Å². The zero-order valence-electron chi connectivity index (χ0n) is 6.55. The minimum Gasteiger partial charge on any atom is -0.481 e. The second-order valence-electron chi connectivity index (χ2n) is 2.75. The Morgan fingerprint density at radius 1 is 1.55 bits per heavy atom. The number of hydrogen-bond acceptors (Lipinski definition) is 3. The summed E-state index contributed by atoms with van der Waals surface area (Å²) in [5, 5.41) is 10.4. The van der Waals surface area contributed by atoms with Crippen LogP contribution in [-0.4, -0.2) is 35.7 Å². The zero-order chi connectivity index (χ0) is 8.10. The van der Waals surface area contributed by atoms with E-state index in [9.17, 15) is 4.79 Å². The van der Waals surface area contributed by atoms with Crippen LogP contribution in [0.3, 0.4) is 0 Å². The summed E-state index contributed by atoms with van der Waals surface area (Å²) in [6.07, 6.45) is 2.60. The van der Waals surface area contributed by atoms with E-state index in [2.05, 4.69) is 5.43 Å². The molecule has 0 radical (unpaired) electrons. The summed E-state index contributed by atoms with van der Waals surface area (Å²) in [6.45, 7) is 2.59. The highest BCUT2D eigenvalue weighted by atomic mass is 16.4. The molecule has 1 aliphatic heterocycles. The van der Waals surface area contributed by atoms with Gasteiger partial charge in [0.05, 0.1) is 6.42 Å². The van der Waals surface area contributed by atoms with E-state index in [1.807, 2.05) is 5.01 Å². The maximum Gasteiger partial charge on any atom is 0.304 e. The molecule has 0 unspecified atom stereocenters. The van der Waals surface area contributed by atoms with Gasteiger partial charge in [-0.2, -0.15) is 0 Å². The lowest BCUT2D eigenvalue weighted by Gasteiger charge is -2.26. The molecular weight excluding hydrogens is 144 g/mol. The third kappa shape index (κ3) is 3.34. The second kappa shape index (κ2) is 4.31. The SMILES string of the molecule is O=C(O)CCN1CCCCN1. The Morgan fingerprint density at radius 2 is 2.36 bits per heavy atom. The number of nitrogens with one attached hydrogen (secondary N) is 1. The van der Waals surface area contributed by atoms with Gasteiger partial charge < -0.3 is 5.11 Å². The van der Waals surface area contributed by atoms with Gasteiger partial charge in [-0.05, 0) is 12.8 Å². The van der Waals surface area contributed by atoms with E-state index in [-0.39, 0.29) is 6.42 Å². The highest BCUT2D eigenvalue weighted by Crippen LogP contribution is 1.99. The van der Waals surface area contributed by atoms with E-state index >= 15 is 0 Å². The van der Waals surface area contributed by atoms with Crippen LogP contribution in [0.1, 0.15) is 19.3 Å². The molecule has 1 rings (SSSR count). The van der Waals surface area contributed by atoms with Crippen molar-refractivity contribution in [3.05, 3.63) is 0 Å². The van der Waals surface area contributed by atoms with E-state index in [4.69, 9.17) is 5.11 Å². The van der Waals surface area contributed by atoms with Crippen molar-refractivity contribution >= 4 is 5.97 Å². The van der Waals surface area contributed by atoms with Gasteiger partial charge in [0.2, 0.25) is 0 Å². The van der Waals surface area contributed by atoms with Gasteiger partial charge in [-0.25, -0.2) is 5.01 Å². The Morgan fingerprint density at radius 3 is 2.91 bits per heavy atom. The molecule has 1 aliphatic rings. The third-order valence-electron chi connectivity index (χ3n) is 1.79. The summed E-state index contributed by atoms with van der Waals surface area (Å²) in [5.41, 5.74) is 3.14. The molecule has 1 heterocycles. The van der Waals surface area contributed by atoms with Crippen molar-refractivity contribution in [2.24, 2.45) is 0 Å². The molecule has 4 nitrogen and oxygen atoms in total. The Hall–Kier alpha value is -0.610. The Balaban J connectivity index is 2.09. The second-order valence-corrected chi connectivity index (χ2v) is 2.75. The molecular formula is C7H14N2O2. The van der Waals surface area contributed by atoms with E-state index in [0.717, 1.165) is 13.1 Å². The number of hydrazine groups is 1. The number of carboxylic acid groups (broad SMARTS) is 1. The monoisotopic (exact) mass is 158 g/mol. The standard InChI is InChI=1S/C7H14N2O2/c10-7(11)3-6-9-5-2-1-4-8-9/h8H,1-6H2,(H,10,11). The highest BCUT2D eigenvalue weighted by molar-refractivity contribution is 5.66. The largest absolute Gasteiger partial charge is 0.481 e. The van der Waals surface area contributed by atoms with E-state index in [1.165, 1.54) is 12.8 Å². The number of aliphatic carboxylic acids is 1. The molecule has 0 spiro atoms. The number of carboxylic acids is 1. The molecule has 0 aromatic carbocycles. The van der Waals surface area contributed by atoms with Gasteiger partial charge in [-0.3, -0.25) is 10.2 Å². The maximum absolute atomic E-state index is 10.2. The minimum absolute atomic E-state index is 0.229. The highest BCUT2D eigenvalue weighted by Gasteiger charge is 2.09. The van der Waals surface area contributed by atoms with Gasteiger partial charge in [-0.1, -0.05) is 0 Å². The molecule has 0 aromatic rings. The molecule has 64 valence electrons. The molecule has 2 N–H and O–H groups in total. The first kappa shape index (κ1) is 8.49. The van der Waals surface area contributed by atoms with Crippen LogP contribution in [0.2, 0.25) is 0 Å². The first-order chi connectivity index (χ1) is 5.29. The molecule has 1 fully saturated rings. The fraction of sp³-hybridized carbons (Fsp3) is 0.857. The molecule has 0 bridgehead atoms. The van der Waals surface area contributed by atoms with Crippen LogP contribution in [0.25, 0.3) is 0 Å². The van der Waals surface area contributed by atoms with Crippen LogP contribution < -0.4 is 5.43 Å². The Bertz CT molecular complexity index is 132. The predicted molar refractivity (Wildman–Crippen MR) is 41.1 cm³/mol. The first-order valence-corrected chi connectivity index (χ1v) is 3.99. The van der Waals surface area contributed by atoms with Crippen molar-refractivity contribution in [3.8, 4) is 0 Å². The van der Waals surface area contributed by atoms with Crippen LogP contribution >= 0.6 is 0 Å². The van der Waals surface area contributed by atoms with Crippen LogP contribution in [0.5, 0.6) is 0 Å². The normalized spacial score (nSPS) is 20.0. The Labute approximate surface area is 66.2 Å². The van der Waals surface area contributed by atoms with Gasteiger partial charge in [0.15, 0.2) is 0 Å². The molecule has 4 heteroatoms. The zero-order valence-corrected chi connectivity index (χ0v) is 6.55. The smallest absolute Gasteiger partial charge is 0.304 e. The molecule has 0 saturated carbocycles. The summed E-state index contributed by atoms with van der Waals surface area (Å²) >= 11 is 0. The van der Waals surface area contributed by atoms with Crippen molar-refractivity contribution in [2.75, 3.05) is 19.6 Å². The lowest BCUT2D eigenvalue weighted by molar-refractivity contribution is -0.137. The number of nitrogens with zero attached hydrogens (tertiary/aromatic N) is 1. The predicted octanol–water partition coefficient (Wildman–Crippen LogP) is 0.0615. The van der Waals surface area contributed by atoms with Crippen molar-refractivity contribution < 1.29 is 9.90 Å². The van der Waals surface area contributed by atoms with E-state index < -0.39 is 5.97 Å².